The fourth-order valence-electron chi connectivity index (χ4n) is 4.35. The van der Waals surface area contributed by atoms with Crippen molar-refractivity contribution < 1.29 is 27.5 Å². The third-order valence-electron chi connectivity index (χ3n) is 6.65. The van der Waals surface area contributed by atoms with Crippen LogP contribution >= 0.6 is 0 Å². The quantitative estimate of drug-likeness (QED) is 0.437. The van der Waals surface area contributed by atoms with Gasteiger partial charge in [0.1, 0.15) is 12.4 Å². The minimum atomic E-state index is -3.66. The molecule has 1 aromatic rings. The van der Waals surface area contributed by atoms with Crippen molar-refractivity contribution in [3.8, 4) is 0 Å². The lowest BCUT2D eigenvalue weighted by Gasteiger charge is -2.43. The Morgan fingerprint density at radius 2 is 1.86 bits per heavy atom. The van der Waals surface area contributed by atoms with E-state index < -0.39 is 10.0 Å². The number of aryl methyl sites for hydroxylation is 1. The summed E-state index contributed by atoms with van der Waals surface area (Å²) in [7, 11) is -3.66. The highest BCUT2D eigenvalue weighted by molar-refractivity contribution is 7.89. The summed E-state index contributed by atoms with van der Waals surface area (Å²) in [5.41, 5.74) is 1.47. The highest BCUT2D eigenvalue weighted by Crippen LogP contribution is 2.29. The smallest absolute Gasteiger partial charge is 0.276 e. The van der Waals surface area contributed by atoms with E-state index >= 15 is 0 Å². The fourth-order valence-corrected chi connectivity index (χ4v) is 5.20. The number of hydrogen-bond donors (Lipinski definition) is 2. The summed E-state index contributed by atoms with van der Waals surface area (Å²) < 4.78 is 36.6. The van der Waals surface area contributed by atoms with Crippen LogP contribution < -0.4 is 10.1 Å². The lowest BCUT2D eigenvalue weighted by molar-refractivity contribution is -0.139. The van der Waals surface area contributed by atoms with Crippen molar-refractivity contribution in [2.45, 2.75) is 96.1 Å². The number of rotatable bonds is 10. The monoisotopic (exact) mass is 537 g/mol. The maximum absolute atomic E-state index is 12.4. The molecule has 2 fully saturated rings. The van der Waals surface area contributed by atoms with Crippen LogP contribution in [0.15, 0.2) is 34.3 Å². The molecule has 1 aliphatic heterocycles. The van der Waals surface area contributed by atoms with E-state index in [1.54, 1.807) is 24.3 Å². The first-order chi connectivity index (χ1) is 17.5. The van der Waals surface area contributed by atoms with Crippen LogP contribution in [0, 0.1) is 12.8 Å². The Hall–Kier alpha value is -2.30. The van der Waals surface area contributed by atoms with E-state index in [-0.39, 0.29) is 40.8 Å². The minimum absolute atomic E-state index is 0.0594. The highest BCUT2D eigenvalue weighted by Gasteiger charge is 2.40. The van der Waals surface area contributed by atoms with Gasteiger partial charge < -0.3 is 19.6 Å². The molecule has 10 heteroatoms. The predicted octanol–water partition coefficient (Wildman–Crippen LogP) is 3.90. The van der Waals surface area contributed by atoms with Crippen molar-refractivity contribution in [3.05, 3.63) is 29.8 Å². The van der Waals surface area contributed by atoms with Crippen LogP contribution in [-0.2, 0) is 29.1 Å². The molecule has 0 radical (unpaired) electrons. The molecule has 1 saturated carbocycles. The van der Waals surface area contributed by atoms with Crippen molar-refractivity contribution in [1.82, 2.24) is 10.1 Å². The van der Waals surface area contributed by atoms with Crippen molar-refractivity contribution in [2.24, 2.45) is 11.0 Å². The van der Waals surface area contributed by atoms with E-state index in [0.717, 1.165) is 43.4 Å². The first kappa shape index (κ1) is 30.9. The van der Waals surface area contributed by atoms with Crippen molar-refractivity contribution in [2.75, 3.05) is 19.8 Å². The molecule has 0 aromatic heterocycles. The SMILES string of the molecule is CC(C)=O.CCCCC1(C(C)COC2CCC(=NNS(=O)(=O)c3ccc(C)cc3)CC2)COCC(=O)N1. The van der Waals surface area contributed by atoms with E-state index in [1.165, 1.54) is 13.8 Å². The maximum atomic E-state index is 12.4. The number of Topliss-reactive ketones (excluding diaryl/α,β-unsaturated/α-hetero) is 1. The van der Waals surface area contributed by atoms with Gasteiger partial charge in [0.15, 0.2) is 0 Å². The van der Waals surface area contributed by atoms with E-state index in [0.29, 0.717) is 26.1 Å². The molecule has 1 aromatic carbocycles. The average Bonchev–Trinajstić information content (AvgIpc) is 2.85. The maximum Gasteiger partial charge on any atom is 0.276 e. The lowest BCUT2D eigenvalue weighted by atomic mass is 9.80. The third-order valence-corrected chi connectivity index (χ3v) is 7.87. The molecule has 2 aliphatic rings. The Morgan fingerprint density at radius 3 is 2.43 bits per heavy atom. The molecule has 9 nitrogen and oxygen atoms in total. The number of nitrogens with zero attached hydrogens (tertiary/aromatic N) is 1. The second-order valence-corrected chi connectivity index (χ2v) is 11.9. The van der Waals surface area contributed by atoms with Crippen LogP contribution in [0.1, 0.15) is 78.2 Å². The average molecular weight is 538 g/mol. The summed E-state index contributed by atoms with van der Waals surface area (Å²) in [4.78, 5) is 24.0. The largest absolute Gasteiger partial charge is 0.378 e. The van der Waals surface area contributed by atoms with Crippen molar-refractivity contribution in [1.29, 1.82) is 0 Å². The van der Waals surface area contributed by atoms with E-state index in [2.05, 4.69) is 29.1 Å². The zero-order valence-corrected chi connectivity index (χ0v) is 23.7. The highest BCUT2D eigenvalue weighted by atomic mass is 32.2. The molecule has 0 spiro atoms. The number of nitrogens with one attached hydrogen (secondary N) is 2. The Balaban J connectivity index is 0.00000112. The normalized spacial score (nSPS) is 22.8. The number of sulfonamides is 1. The summed E-state index contributed by atoms with van der Waals surface area (Å²) in [6.45, 7) is 10.4. The summed E-state index contributed by atoms with van der Waals surface area (Å²) >= 11 is 0. The van der Waals surface area contributed by atoms with Gasteiger partial charge in [0.2, 0.25) is 5.91 Å². The number of unbranched alkanes of at least 4 members (excludes halogenated alkanes) is 1. The molecule has 2 unspecified atom stereocenters. The Labute approximate surface area is 221 Å². The standard InChI is InChI=1S/C24H37N3O5S.C3H6O/c1-4-5-14-24(17-31-16-23(28)25-24)19(3)15-32-21-10-8-20(9-11-21)26-27-33(29,30)22-12-6-18(2)7-13-22;1-3(2)4/h6-7,12-13,19,21,27H,4-5,8-11,14-17H2,1-3H3,(H,25,28);1-2H3. The summed E-state index contributed by atoms with van der Waals surface area (Å²) in [6.07, 6.45) is 6.03. The Kier molecular flexibility index (Phi) is 12.2. The minimum Gasteiger partial charge on any atom is -0.378 e. The second kappa shape index (κ2) is 14.6. The van der Waals surface area contributed by atoms with Gasteiger partial charge >= 0.3 is 0 Å². The molecule has 3 rings (SSSR count). The predicted molar refractivity (Wildman–Crippen MR) is 144 cm³/mol. The van der Waals surface area contributed by atoms with Gasteiger partial charge in [-0.3, -0.25) is 4.79 Å². The third kappa shape index (κ3) is 10.2. The van der Waals surface area contributed by atoms with Gasteiger partial charge in [-0.1, -0.05) is 44.4 Å². The zero-order valence-electron chi connectivity index (χ0n) is 22.8. The second-order valence-electron chi connectivity index (χ2n) is 10.2. The first-order valence-electron chi connectivity index (χ1n) is 13.1. The molecule has 1 saturated heterocycles. The van der Waals surface area contributed by atoms with Gasteiger partial charge in [-0.15, -0.1) is 0 Å². The lowest BCUT2D eigenvalue weighted by Crippen LogP contribution is -2.61. The number of morpholine rings is 1. The number of ether oxygens (including phenoxy) is 2. The topological polar surface area (TPSA) is 123 Å². The van der Waals surface area contributed by atoms with Crippen LogP contribution in [0.4, 0.5) is 0 Å². The summed E-state index contributed by atoms with van der Waals surface area (Å²) in [5, 5.41) is 7.35. The van der Waals surface area contributed by atoms with Gasteiger partial charge in [-0.25, -0.2) is 4.83 Å². The van der Waals surface area contributed by atoms with Crippen molar-refractivity contribution >= 4 is 27.4 Å². The molecule has 208 valence electrons. The van der Waals surface area contributed by atoms with Crippen molar-refractivity contribution in [3.63, 3.8) is 0 Å². The molecular weight excluding hydrogens is 494 g/mol. The number of carbonyl (C=O) groups excluding carboxylic acids is 2. The number of hydrogen-bond acceptors (Lipinski definition) is 7. The molecule has 2 atom stereocenters. The van der Waals surface area contributed by atoms with Gasteiger partial charge in [-0.2, -0.15) is 13.5 Å². The van der Waals surface area contributed by atoms with E-state index in [9.17, 15) is 18.0 Å². The van der Waals surface area contributed by atoms with Crippen LogP contribution in [0.25, 0.3) is 0 Å². The molecule has 0 bridgehead atoms. The van der Waals surface area contributed by atoms with Crippen LogP contribution in [0.2, 0.25) is 0 Å². The summed E-state index contributed by atoms with van der Waals surface area (Å²) in [5.74, 6) is 0.237. The molecule has 1 heterocycles. The van der Waals surface area contributed by atoms with E-state index in [4.69, 9.17) is 9.47 Å². The van der Waals surface area contributed by atoms with Gasteiger partial charge in [-0.05, 0) is 65.0 Å². The number of benzene rings is 1. The van der Waals surface area contributed by atoms with Crippen LogP contribution in [-0.4, -0.2) is 57.3 Å². The Bertz CT molecular complexity index is 1010. The van der Waals surface area contributed by atoms with Gasteiger partial charge in [0, 0.05) is 11.6 Å². The molecule has 37 heavy (non-hydrogen) atoms. The molecule has 1 aliphatic carbocycles. The zero-order chi connectivity index (χ0) is 27.5. The summed E-state index contributed by atoms with van der Waals surface area (Å²) in [6, 6.07) is 6.69. The van der Waals surface area contributed by atoms with Crippen LogP contribution in [0.5, 0.6) is 0 Å². The van der Waals surface area contributed by atoms with Crippen LogP contribution in [0.3, 0.4) is 0 Å². The molecule has 1 amide bonds. The van der Waals surface area contributed by atoms with E-state index in [1.807, 2.05) is 6.92 Å². The van der Waals surface area contributed by atoms with Gasteiger partial charge in [0.05, 0.1) is 29.8 Å². The van der Waals surface area contributed by atoms with Gasteiger partial charge in [0.25, 0.3) is 10.0 Å². The number of amides is 1. The number of carbonyl (C=O) groups is 2. The number of hydrazone groups is 1. The Morgan fingerprint density at radius 1 is 1.24 bits per heavy atom. The molecule has 2 N–H and O–H groups in total. The number of ketones is 1. The fraction of sp³-hybridized carbons (Fsp3) is 0.667. The first-order valence-corrected chi connectivity index (χ1v) is 14.6. The molecular formula is C27H43N3O6S.